The molecule has 0 amide bonds. The van der Waals surface area contributed by atoms with Crippen LogP contribution in [-0.2, 0) is 24.1 Å². The van der Waals surface area contributed by atoms with Crippen LogP contribution in [0.25, 0.3) is 0 Å². The number of ether oxygens (including phenoxy) is 1. The van der Waals surface area contributed by atoms with Crippen LogP contribution in [-0.4, -0.2) is 33.7 Å². The monoisotopic (exact) mass is 286 g/mol. The third-order valence-electron chi connectivity index (χ3n) is 4.03. The molecule has 0 saturated carbocycles. The van der Waals surface area contributed by atoms with Gasteiger partial charge in [-0.15, -0.1) is 0 Å². The molecule has 0 aromatic carbocycles. The molecular formula is C14H23ClN2O2. The van der Waals surface area contributed by atoms with Crippen LogP contribution in [0.2, 0.25) is 5.02 Å². The van der Waals surface area contributed by atoms with Gasteiger partial charge in [0.2, 0.25) is 0 Å². The summed E-state index contributed by atoms with van der Waals surface area (Å²) in [6.07, 6.45) is 2.25. The van der Waals surface area contributed by atoms with Gasteiger partial charge in [-0.05, 0) is 26.7 Å². The highest BCUT2D eigenvalue weighted by atomic mass is 35.5. The summed E-state index contributed by atoms with van der Waals surface area (Å²) in [6, 6.07) is 0. The molecule has 1 saturated heterocycles. The van der Waals surface area contributed by atoms with Crippen molar-refractivity contribution in [2.75, 3.05) is 13.2 Å². The first-order valence-corrected chi connectivity index (χ1v) is 7.41. The lowest BCUT2D eigenvalue weighted by molar-refractivity contribution is -0.00609. The lowest BCUT2D eigenvalue weighted by Crippen LogP contribution is -2.38. The Labute approximate surface area is 119 Å². The molecule has 0 bridgehead atoms. The summed E-state index contributed by atoms with van der Waals surface area (Å²) in [5.74, 6) is 0.175. The number of halogens is 1. The molecule has 1 aromatic heterocycles. The molecule has 2 atom stereocenters. The van der Waals surface area contributed by atoms with Gasteiger partial charge in [0.25, 0.3) is 0 Å². The summed E-state index contributed by atoms with van der Waals surface area (Å²) in [5.41, 5.74) is 1.06. The summed E-state index contributed by atoms with van der Waals surface area (Å²) < 4.78 is 7.29. The van der Waals surface area contributed by atoms with Gasteiger partial charge in [-0.25, -0.2) is 0 Å². The van der Waals surface area contributed by atoms with Gasteiger partial charge in [-0.2, -0.15) is 5.10 Å². The minimum absolute atomic E-state index is 0.175. The second kappa shape index (κ2) is 5.81. The van der Waals surface area contributed by atoms with Crippen molar-refractivity contribution in [3.05, 3.63) is 16.4 Å². The van der Waals surface area contributed by atoms with Crippen molar-refractivity contribution in [2.45, 2.75) is 52.2 Å². The molecule has 4 nitrogen and oxygen atoms in total. The molecule has 2 heterocycles. The first-order valence-electron chi connectivity index (χ1n) is 7.03. The Hall–Kier alpha value is -0.580. The number of hydrogen-bond acceptors (Lipinski definition) is 3. The van der Waals surface area contributed by atoms with E-state index in [0.717, 1.165) is 37.4 Å². The summed E-state index contributed by atoms with van der Waals surface area (Å²) in [6.45, 7) is 8.10. The third kappa shape index (κ3) is 2.96. The first-order chi connectivity index (χ1) is 8.99. The molecular weight excluding hydrogens is 264 g/mol. The van der Waals surface area contributed by atoms with Crippen molar-refractivity contribution in [1.29, 1.82) is 0 Å². The van der Waals surface area contributed by atoms with Gasteiger partial charge in [-0.1, -0.05) is 18.5 Å². The van der Waals surface area contributed by atoms with Gasteiger partial charge in [0, 0.05) is 25.5 Å². The van der Waals surface area contributed by atoms with Crippen LogP contribution in [0.15, 0.2) is 0 Å². The molecule has 19 heavy (non-hydrogen) atoms. The molecule has 1 N–H and O–H groups in total. The highest BCUT2D eigenvalue weighted by Crippen LogP contribution is 2.32. The van der Waals surface area contributed by atoms with Gasteiger partial charge in [0.05, 0.1) is 28.6 Å². The lowest BCUT2D eigenvalue weighted by Gasteiger charge is -2.29. The Morgan fingerprint density at radius 2 is 2.26 bits per heavy atom. The number of aryl methyl sites for hydroxylation is 2. The maximum Gasteiger partial charge on any atom is 0.0850 e. The Balaban J connectivity index is 2.24. The number of aromatic nitrogens is 2. The van der Waals surface area contributed by atoms with Crippen molar-refractivity contribution in [2.24, 2.45) is 5.92 Å². The van der Waals surface area contributed by atoms with E-state index in [1.165, 1.54) is 0 Å². The summed E-state index contributed by atoms with van der Waals surface area (Å²) in [4.78, 5) is 0. The van der Waals surface area contributed by atoms with E-state index in [9.17, 15) is 5.11 Å². The fraction of sp³-hybridized carbons (Fsp3) is 0.786. The summed E-state index contributed by atoms with van der Waals surface area (Å²) in [7, 11) is 0. The Morgan fingerprint density at radius 3 is 2.79 bits per heavy atom. The molecule has 1 fully saturated rings. The van der Waals surface area contributed by atoms with E-state index in [4.69, 9.17) is 16.3 Å². The fourth-order valence-corrected chi connectivity index (χ4v) is 3.03. The second-order valence-electron chi connectivity index (χ2n) is 5.47. The SMILES string of the molecule is CCc1nn(CC)c(CC(C)(O)C2CCOC2)c1Cl. The molecule has 1 aromatic rings. The van der Waals surface area contributed by atoms with Crippen molar-refractivity contribution in [3.63, 3.8) is 0 Å². The topological polar surface area (TPSA) is 47.3 Å². The van der Waals surface area contributed by atoms with Crippen LogP contribution < -0.4 is 0 Å². The number of rotatable bonds is 5. The highest BCUT2D eigenvalue weighted by molar-refractivity contribution is 6.31. The average molecular weight is 287 g/mol. The van der Waals surface area contributed by atoms with Crippen LogP contribution >= 0.6 is 11.6 Å². The van der Waals surface area contributed by atoms with Crippen LogP contribution in [0.3, 0.4) is 0 Å². The zero-order valence-corrected chi connectivity index (χ0v) is 12.7. The van der Waals surface area contributed by atoms with Gasteiger partial charge >= 0.3 is 0 Å². The number of aliphatic hydroxyl groups is 1. The van der Waals surface area contributed by atoms with Gasteiger partial charge < -0.3 is 9.84 Å². The third-order valence-corrected chi connectivity index (χ3v) is 4.46. The zero-order chi connectivity index (χ0) is 14.0. The predicted molar refractivity (Wildman–Crippen MR) is 75.5 cm³/mol. The van der Waals surface area contributed by atoms with Crippen molar-refractivity contribution >= 4 is 11.6 Å². The Bertz CT molecular complexity index is 437. The predicted octanol–water partition coefficient (Wildman–Crippen LogP) is 2.45. The van der Waals surface area contributed by atoms with Gasteiger partial charge in [0.15, 0.2) is 0 Å². The fourth-order valence-electron chi connectivity index (χ4n) is 2.69. The van der Waals surface area contributed by atoms with Crippen LogP contribution in [0.1, 0.15) is 38.6 Å². The Kier molecular flexibility index (Phi) is 4.54. The highest BCUT2D eigenvalue weighted by Gasteiger charge is 2.36. The van der Waals surface area contributed by atoms with Crippen molar-refractivity contribution in [3.8, 4) is 0 Å². The minimum atomic E-state index is -0.794. The molecule has 108 valence electrons. The second-order valence-corrected chi connectivity index (χ2v) is 5.85. The Morgan fingerprint density at radius 1 is 1.53 bits per heavy atom. The summed E-state index contributed by atoms with van der Waals surface area (Å²) >= 11 is 6.40. The maximum atomic E-state index is 10.7. The largest absolute Gasteiger partial charge is 0.389 e. The smallest absolute Gasteiger partial charge is 0.0850 e. The molecule has 5 heteroatoms. The molecule has 0 spiro atoms. The number of hydrogen-bond donors (Lipinski definition) is 1. The van der Waals surface area contributed by atoms with Gasteiger partial charge in [0.1, 0.15) is 0 Å². The standard InChI is InChI=1S/C14H23ClN2O2/c1-4-11-13(15)12(17(5-2)16-11)8-14(3,18)10-6-7-19-9-10/h10,18H,4-9H2,1-3H3. The van der Waals surface area contributed by atoms with Crippen molar-refractivity contribution in [1.82, 2.24) is 9.78 Å². The van der Waals surface area contributed by atoms with Crippen molar-refractivity contribution < 1.29 is 9.84 Å². The van der Waals surface area contributed by atoms with Crippen LogP contribution in [0, 0.1) is 5.92 Å². The lowest BCUT2D eigenvalue weighted by atomic mass is 9.84. The van der Waals surface area contributed by atoms with E-state index in [1.807, 2.05) is 25.5 Å². The quantitative estimate of drug-likeness (QED) is 0.904. The zero-order valence-electron chi connectivity index (χ0n) is 11.9. The van der Waals surface area contributed by atoms with E-state index in [1.54, 1.807) is 0 Å². The number of nitrogens with zero attached hydrogens (tertiary/aromatic N) is 2. The van der Waals surface area contributed by atoms with E-state index < -0.39 is 5.60 Å². The van der Waals surface area contributed by atoms with E-state index in [-0.39, 0.29) is 5.92 Å². The van der Waals surface area contributed by atoms with Crippen LogP contribution in [0.4, 0.5) is 0 Å². The van der Waals surface area contributed by atoms with E-state index in [2.05, 4.69) is 5.10 Å². The first kappa shape index (κ1) is 14.8. The van der Waals surface area contributed by atoms with E-state index >= 15 is 0 Å². The van der Waals surface area contributed by atoms with Gasteiger partial charge in [-0.3, -0.25) is 4.68 Å². The normalized spacial score (nSPS) is 22.7. The molecule has 2 rings (SSSR count). The molecule has 2 unspecified atom stereocenters. The van der Waals surface area contributed by atoms with Crippen LogP contribution in [0.5, 0.6) is 0 Å². The molecule has 1 aliphatic rings. The molecule has 0 aliphatic carbocycles. The van der Waals surface area contributed by atoms with E-state index in [0.29, 0.717) is 18.1 Å². The summed E-state index contributed by atoms with van der Waals surface area (Å²) in [5, 5.41) is 15.9. The molecule has 1 aliphatic heterocycles. The average Bonchev–Trinajstić information content (AvgIpc) is 2.99. The molecule has 0 radical (unpaired) electrons. The minimum Gasteiger partial charge on any atom is -0.389 e. The maximum absolute atomic E-state index is 10.7.